The summed E-state index contributed by atoms with van der Waals surface area (Å²) < 4.78 is 0. The summed E-state index contributed by atoms with van der Waals surface area (Å²) in [6.07, 6.45) is 1.15. The van der Waals surface area contributed by atoms with E-state index >= 15 is 0 Å². The van der Waals surface area contributed by atoms with Gasteiger partial charge in [-0.05, 0) is 52.1 Å². The van der Waals surface area contributed by atoms with Gasteiger partial charge >= 0.3 is 0 Å². The summed E-state index contributed by atoms with van der Waals surface area (Å²) in [4.78, 5) is 14.3. The summed E-state index contributed by atoms with van der Waals surface area (Å²) >= 11 is 0. The third kappa shape index (κ3) is 3.96. The molecule has 1 amide bonds. The van der Waals surface area contributed by atoms with Crippen molar-refractivity contribution >= 4 is 11.6 Å². The van der Waals surface area contributed by atoms with Crippen molar-refractivity contribution in [1.29, 1.82) is 0 Å². The van der Waals surface area contributed by atoms with Gasteiger partial charge in [0.25, 0.3) is 5.91 Å². The zero-order valence-electron chi connectivity index (χ0n) is 11.9. The molecule has 1 fully saturated rings. The van der Waals surface area contributed by atoms with E-state index in [1.807, 2.05) is 38.1 Å². The standard InChI is InChI=1S/C15H23N3O/c1-11(2)16-15(19)12-5-4-6-13(9-12)17-14-7-8-18(3)10-14/h4-6,9,11,14,17H,7-8,10H2,1-3H3,(H,16,19). The van der Waals surface area contributed by atoms with Crippen LogP contribution in [0.1, 0.15) is 30.6 Å². The van der Waals surface area contributed by atoms with Gasteiger partial charge in [-0.2, -0.15) is 0 Å². The molecule has 0 radical (unpaired) electrons. The van der Waals surface area contributed by atoms with Gasteiger partial charge in [-0.15, -0.1) is 0 Å². The number of hydrogen-bond acceptors (Lipinski definition) is 3. The lowest BCUT2D eigenvalue weighted by molar-refractivity contribution is 0.0943. The molecular formula is C15H23N3O. The third-order valence-corrected chi connectivity index (χ3v) is 3.31. The average Bonchev–Trinajstić information content (AvgIpc) is 2.74. The van der Waals surface area contributed by atoms with Crippen molar-refractivity contribution < 1.29 is 4.79 Å². The SMILES string of the molecule is CC(C)NC(=O)c1cccc(NC2CCN(C)C2)c1. The topological polar surface area (TPSA) is 44.4 Å². The monoisotopic (exact) mass is 261 g/mol. The molecule has 1 unspecified atom stereocenters. The van der Waals surface area contributed by atoms with Crippen LogP contribution >= 0.6 is 0 Å². The Hall–Kier alpha value is -1.55. The van der Waals surface area contributed by atoms with Crippen LogP contribution in [0.5, 0.6) is 0 Å². The van der Waals surface area contributed by atoms with Crippen LogP contribution in [0.25, 0.3) is 0 Å². The molecule has 1 aromatic rings. The van der Waals surface area contributed by atoms with Gasteiger partial charge in [-0.3, -0.25) is 4.79 Å². The van der Waals surface area contributed by atoms with E-state index in [1.165, 1.54) is 0 Å². The number of carbonyl (C=O) groups excluding carboxylic acids is 1. The zero-order valence-corrected chi connectivity index (χ0v) is 11.9. The van der Waals surface area contributed by atoms with Gasteiger partial charge in [0, 0.05) is 29.9 Å². The molecule has 1 saturated heterocycles. The van der Waals surface area contributed by atoms with E-state index in [0.29, 0.717) is 11.6 Å². The van der Waals surface area contributed by atoms with E-state index in [1.54, 1.807) is 0 Å². The lowest BCUT2D eigenvalue weighted by Gasteiger charge is -2.15. The lowest BCUT2D eigenvalue weighted by Crippen LogP contribution is -2.30. The highest BCUT2D eigenvalue weighted by Crippen LogP contribution is 2.16. The summed E-state index contributed by atoms with van der Waals surface area (Å²) in [6.45, 7) is 6.12. The van der Waals surface area contributed by atoms with Crippen LogP contribution in [-0.2, 0) is 0 Å². The molecule has 0 aliphatic carbocycles. The molecular weight excluding hydrogens is 238 g/mol. The first kappa shape index (κ1) is 13.9. The fourth-order valence-corrected chi connectivity index (χ4v) is 2.38. The maximum absolute atomic E-state index is 11.9. The molecule has 19 heavy (non-hydrogen) atoms. The second-order valence-corrected chi connectivity index (χ2v) is 5.60. The van der Waals surface area contributed by atoms with Crippen molar-refractivity contribution in [2.75, 3.05) is 25.5 Å². The van der Waals surface area contributed by atoms with Crippen LogP contribution in [0.2, 0.25) is 0 Å². The van der Waals surface area contributed by atoms with Gasteiger partial charge < -0.3 is 15.5 Å². The van der Waals surface area contributed by atoms with Crippen molar-refractivity contribution in [1.82, 2.24) is 10.2 Å². The lowest BCUT2D eigenvalue weighted by atomic mass is 10.1. The van der Waals surface area contributed by atoms with E-state index in [-0.39, 0.29) is 11.9 Å². The van der Waals surface area contributed by atoms with Gasteiger partial charge in [0.05, 0.1) is 0 Å². The predicted molar refractivity (Wildman–Crippen MR) is 78.6 cm³/mol. The number of carbonyl (C=O) groups is 1. The van der Waals surface area contributed by atoms with E-state index in [0.717, 1.165) is 25.2 Å². The highest BCUT2D eigenvalue weighted by atomic mass is 16.1. The van der Waals surface area contributed by atoms with Crippen LogP contribution in [0.15, 0.2) is 24.3 Å². The van der Waals surface area contributed by atoms with E-state index < -0.39 is 0 Å². The summed E-state index contributed by atoms with van der Waals surface area (Å²) in [6, 6.07) is 8.36. The highest BCUT2D eigenvalue weighted by Gasteiger charge is 2.19. The van der Waals surface area contributed by atoms with E-state index in [4.69, 9.17) is 0 Å². The average molecular weight is 261 g/mol. The number of hydrogen-bond donors (Lipinski definition) is 2. The van der Waals surface area contributed by atoms with Crippen LogP contribution < -0.4 is 10.6 Å². The van der Waals surface area contributed by atoms with E-state index in [2.05, 4.69) is 22.6 Å². The molecule has 1 aliphatic heterocycles. The normalized spacial score (nSPS) is 19.7. The Bertz CT molecular complexity index is 445. The molecule has 4 heteroatoms. The smallest absolute Gasteiger partial charge is 0.251 e. The summed E-state index contributed by atoms with van der Waals surface area (Å²) in [5.74, 6) is -0.0119. The molecule has 0 aromatic heterocycles. The van der Waals surface area contributed by atoms with Gasteiger partial charge in [-0.25, -0.2) is 0 Å². The maximum atomic E-state index is 11.9. The summed E-state index contributed by atoms with van der Waals surface area (Å²) in [5, 5.41) is 6.41. The molecule has 2 N–H and O–H groups in total. The van der Waals surface area contributed by atoms with Crippen molar-refractivity contribution in [3.8, 4) is 0 Å². The number of anilines is 1. The third-order valence-electron chi connectivity index (χ3n) is 3.31. The van der Waals surface area contributed by atoms with Crippen LogP contribution in [0.3, 0.4) is 0 Å². The first-order valence-corrected chi connectivity index (χ1v) is 6.90. The molecule has 1 aromatic carbocycles. The molecule has 2 rings (SSSR count). The first-order valence-electron chi connectivity index (χ1n) is 6.90. The minimum atomic E-state index is -0.0119. The highest BCUT2D eigenvalue weighted by molar-refractivity contribution is 5.95. The molecule has 0 spiro atoms. The quantitative estimate of drug-likeness (QED) is 0.870. The van der Waals surface area contributed by atoms with Crippen LogP contribution in [0.4, 0.5) is 5.69 Å². The van der Waals surface area contributed by atoms with Crippen LogP contribution in [0, 0.1) is 0 Å². The molecule has 0 saturated carbocycles. The maximum Gasteiger partial charge on any atom is 0.251 e. The van der Waals surface area contributed by atoms with Gasteiger partial charge in [0.1, 0.15) is 0 Å². The fraction of sp³-hybridized carbons (Fsp3) is 0.533. The fourth-order valence-electron chi connectivity index (χ4n) is 2.38. The Morgan fingerprint density at radius 2 is 2.21 bits per heavy atom. The number of likely N-dealkylation sites (tertiary alicyclic amines) is 1. The number of likely N-dealkylation sites (N-methyl/N-ethyl adjacent to an activating group) is 1. The molecule has 1 aliphatic rings. The molecule has 1 atom stereocenters. The summed E-state index contributed by atoms with van der Waals surface area (Å²) in [5.41, 5.74) is 1.74. The van der Waals surface area contributed by atoms with Gasteiger partial charge in [0.2, 0.25) is 0 Å². The van der Waals surface area contributed by atoms with Crippen molar-refractivity contribution in [2.45, 2.75) is 32.4 Å². The molecule has 104 valence electrons. The number of nitrogens with one attached hydrogen (secondary N) is 2. The minimum Gasteiger partial charge on any atom is -0.381 e. The summed E-state index contributed by atoms with van der Waals surface area (Å²) in [7, 11) is 2.13. The van der Waals surface area contributed by atoms with Gasteiger partial charge in [-0.1, -0.05) is 6.07 Å². The van der Waals surface area contributed by atoms with E-state index in [9.17, 15) is 4.79 Å². The molecule has 0 bridgehead atoms. The Morgan fingerprint density at radius 3 is 2.84 bits per heavy atom. The van der Waals surface area contributed by atoms with Gasteiger partial charge in [0.15, 0.2) is 0 Å². The zero-order chi connectivity index (χ0) is 13.8. The largest absolute Gasteiger partial charge is 0.381 e. The Kier molecular flexibility index (Phi) is 4.43. The van der Waals surface area contributed by atoms with Crippen molar-refractivity contribution in [3.05, 3.63) is 29.8 Å². The van der Waals surface area contributed by atoms with Crippen molar-refractivity contribution in [3.63, 3.8) is 0 Å². The van der Waals surface area contributed by atoms with Crippen LogP contribution in [-0.4, -0.2) is 43.0 Å². The predicted octanol–water partition coefficient (Wildman–Crippen LogP) is 1.94. The number of rotatable bonds is 4. The number of nitrogens with zero attached hydrogens (tertiary/aromatic N) is 1. The first-order chi connectivity index (χ1) is 9.04. The minimum absolute atomic E-state index is 0.0119. The Morgan fingerprint density at radius 1 is 1.42 bits per heavy atom. The van der Waals surface area contributed by atoms with Crippen molar-refractivity contribution in [2.24, 2.45) is 0 Å². The number of benzene rings is 1. The second-order valence-electron chi connectivity index (χ2n) is 5.60. The Balaban J connectivity index is 2.00. The molecule has 1 heterocycles. The second kappa shape index (κ2) is 6.06. The number of amides is 1. The molecule has 4 nitrogen and oxygen atoms in total. The Labute approximate surface area is 115 Å².